The number of halogens is 2. The van der Waals surface area contributed by atoms with E-state index in [0.717, 1.165) is 14.9 Å². The fraction of sp³-hybridized carbons (Fsp3) is 0.0769. The van der Waals surface area contributed by atoms with Crippen molar-refractivity contribution < 1.29 is 4.74 Å². The first-order chi connectivity index (χ1) is 8.20. The van der Waals surface area contributed by atoms with E-state index in [1.807, 2.05) is 36.4 Å². The van der Waals surface area contributed by atoms with Gasteiger partial charge in [0.2, 0.25) is 0 Å². The quantitative estimate of drug-likeness (QED) is 0.834. The van der Waals surface area contributed by atoms with Crippen LogP contribution in [0.3, 0.4) is 0 Å². The normalized spacial score (nSPS) is 10.3. The molecule has 0 bridgehead atoms. The van der Waals surface area contributed by atoms with Crippen LogP contribution in [-0.2, 0) is 6.54 Å². The summed E-state index contributed by atoms with van der Waals surface area (Å²) >= 11 is 8.35. The summed E-state index contributed by atoms with van der Waals surface area (Å²) in [6, 6.07) is 13.4. The van der Waals surface area contributed by atoms with E-state index in [0.29, 0.717) is 17.3 Å². The standard InChI is InChI=1S/C13H11ClINO/c14-12-6-1-3-9(8-16)13(12)17-11-5-2-4-10(15)7-11/h1-7H,8,16H2. The number of rotatable bonds is 3. The molecule has 2 nitrogen and oxygen atoms in total. The zero-order chi connectivity index (χ0) is 12.3. The molecule has 0 heterocycles. The minimum absolute atomic E-state index is 0.403. The molecule has 17 heavy (non-hydrogen) atoms. The molecule has 0 fully saturated rings. The molecule has 2 rings (SSSR count). The molecule has 0 saturated carbocycles. The molecule has 0 aliphatic rings. The Hall–Kier alpha value is -0.780. The van der Waals surface area contributed by atoms with Gasteiger partial charge in [-0.25, -0.2) is 0 Å². The third kappa shape index (κ3) is 3.12. The molecule has 0 atom stereocenters. The van der Waals surface area contributed by atoms with Gasteiger partial charge in [0.15, 0.2) is 0 Å². The van der Waals surface area contributed by atoms with Gasteiger partial charge in [0.05, 0.1) is 5.02 Å². The maximum absolute atomic E-state index is 6.12. The zero-order valence-corrected chi connectivity index (χ0v) is 11.9. The average molecular weight is 360 g/mol. The van der Waals surface area contributed by atoms with Gasteiger partial charge in [0, 0.05) is 15.7 Å². The third-order valence-corrected chi connectivity index (χ3v) is 3.25. The Kier molecular flexibility index (Phi) is 4.25. The fourth-order valence-electron chi connectivity index (χ4n) is 1.48. The van der Waals surface area contributed by atoms with E-state index in [4.69, 9.17) is 22.1 Å². The van der Waals surface area contributed by atoms with Crippen LogP contribution >= 0.6 is 34.2 Å². The van der Waals surface area contributed by atoms with Gasteiger partial charge in [0.1, 0.15) is 11.5 Å². The minimum Gasteiger partial charge on any atom is -0.455 e. The van der Waals surface area contributed by atoms with Crippen LogP contribution < -0.4 is 10.5 Å². The lowest BCUT2D eigenvalue weighted by Crippen LogP contribution is -1.99. The van der Waals surface area contributed by atoms with Crippen LogP contribution in [0.4, 0.5) is 0 Å². The van der Waals surface area contributed by atoms with E-state index >= 15 is 0 Å². The molecule has 4 heteroatoms. The van der Waals surface area contributed by atoms with Crippen LogP contribution in [0.25, 0.3) is 0 Å². The van der Waals surface area contributed by atoms with Crippen molar-refractivity contribution in [2.45, 2.75) is 6.54 Å². The highest BCUT2D eigenvalue weighted by Gasteiger charge is 2.08. The van der Waals surface area contributed by atoms with Crippen molar-refractivity contribution >= 4 is 34.2 Å². The van der Waals surface area contributed by atoms with Gasteiger partial charge in [-0.05, 0) is 46.9 Å². The van der Waals surface area contributed by atoms with E-state index in [1.54, 1.807) is 6.07 Å². The van der Waals surface area contributed by atoms with E-state index in [-0.39, 0.29) is 0 Å². The van der Waals surface area contributed by atoms with E-state index in [9.17, 15) is 0 Å². The van der Waals surface area contributed by atoms with Crippen LogP contribution in [0.2, 0.25) is 5.02 Å². The summed E-state index contributed by atoms with van der Waals surface area (Å²) in [5, 5.41) is 0.576. The summed E-state index contributed by atoms with van der Waals surface area (Å²) in [6.07, 6.45) is 0. The summed E-state index contributed by atoms with van der Waals surface area (Å²) < 4.78 is 6.91. The molecule has 0 radical (unpaired) electrons. The lowest BCUT2D eigenvalue weighted by atomic mass is 10.2. The van der Waals surface area contributed by atoms with Crippen LogP contribution in [0.1, 0.15) is 5.56 Å². The number of hydrogen-bond donors (Lipinski definition) is 1. The fourth-order valence-corrected chi connectivity index (χ4v) is 2.22. The maximum atomic E-state index is 6.12. The molecule has 0 aliphatic heterocycles. The number of ether oxygens (including phenoxy) is 1. The summed E-state index contributed by atoms with van der Waals surface area (Å²) in [4.78, 5) is 0. The molecule has 2 N–H and O–H groups in total. The van der Waals surface area contributed by atoms with Crippen LogP contribution in [0, 0.1) is 3.57 Å². The van der Waals surface area contributed by atoms with Gasteiger partial charge in [-0.2, -0.15) is 0 Å². The molecule has 0 amide bonds. The topological polar surface area (TPSA) is 35.2 Å². The molecule has 2 aromatic carbocycles. The van der Waals surface area contributed by atoms with E-state index in [1.165, 1.54) is 0 Å². The van der Waals surface area contributed by atoms with Crippen molar-refractivity contribution in [3.8, 4) is 11.5 Å². The van der Waals surface area contributed by atoms with Crippen LogP contribution in [0.15, 0.2) is 42.5 Å². The third-order valence-electron chi connectivity index (χ3n) is 2.28. The molecule has 2 aromatic rings. The molecule has 88 valence electrons. The second-order valence-corrected chi connectivity index (χ2v) is 5.14. The van der Waals surface area contributed by atoms with Gasteiger partial charge in [-0.1, -0.05) is 29.8 Å². The summed E-state index contributed by atoms with van der Waals surface area (Å²) in [5.41, 5.74) is 6.56. The summed E-state index contributed by atoms with van der Waals surface area (Å²) in [6.45, 7) is 0.403. The smallest absolute Gasteiger partial charge is 0.150 e. The number of hydrogen-bond acceptors (Lipinski definition) is 2. The van der Waals surface area contributed by atoms with Crippen molar-refractivity contribution in [3.63, 3.8) is 0 Å². The lowest BCUT2D eigenvalue weighted by molar-refractivity contribution is 0.476. The number of nitrogens with two attached hydrogens (primary N) is 1. The summed E-state index contributed by atoms with van der Waals surface area (Å²) in [7, 11) is 0. The van der Waals surface area contributed by atoms with Crippen molar-refractivity contribution in [2.75, 3.05) is 0 Å². The van der Waals surface area contributed by atoms with Gasteiger partial charge < -0.3 is 10.5 Å². The van der Waals surface area contributed by atoms with Crippen molar-refractivity contribution in [3.05, 3.63) is 56.6 Å². The monoisotopic (exact) mass is 359 g/mol. The largest absolute Gasteiger partial charge is 0.455 e. The second-order valence-electron chi connectivity index (χ2n) is 3.49. The average Bonchev–Trinajstić information content (AvgIpc) is 2.32. The first-order valence-electron chi connectivity index (χ1n) is 5.11. The van der Waals surface area contributed by atoms with E-state index in [2.05, 4.69) is 22.6 Å². The van der Waals surface area contributed by atoms with Crippen molar-refractivity contribution in [1.82, 2.24) is 0 Å². The Morgan fingerprint density at radius 1 is 1.18 bits per heavy atom. The highest BCUT2D eigenvalue weighted by molar-refractivity contribution is 14.1. The molecule has 0 saturated heterocycles. The SMILES string of the molecule is NCc1cccc(Cl)c1Oc1cccc(I)c1. The highest BCUT2D eigenvalue weighted by atomic mass is 127. The van der Waals surface area contributed by atoms with Gasteiger partial charge in [0.25, 0.3) is 0 Å². The number of para-hydroxylation sites is 1. The lowest BCUT2D eigenvalue weighted by Gasteiger charge is -2.11. The molecule has 0 unspecified atom stereocenters. The Morgan fingerprint density at radius 2 is 1.94 bits per heavy atom. The Balaban J connectivity index is 2.35. The Morgan fingerprint density at radius 3 is 2.65 bits per heavy atom. The van der Waals surface area contributed by atoms with Gasteiger partial charge >= 0.3 is 0 Å². The first kappa shape index (κ1) is 12.7. The second kappa shape index (κ2) is 5.71. The molecular weight excluding hydrogens is 349 g/mol. The predicted octanol–water partition coefficient (Wildman–Crippen LogP) is 4.20. The number of benzene rings is 2. The van der Waals surface area contributed by atoms with Gasteiger partial charge in [-0.3, -0.25) is 0 Å². The van der Waals surface area contributed by atoms with Crippen LogP contribution in [0.5, 0.6) is 11.5 Å². The minimum atomic E-state index is 0.403. The van der Waals surface area contributed by atoms with Crippen LogP contribution in [-0.4, -0.2) is 0 Å². The molecule has 0 aliphatic carbocycles. The maximum Gasteiger partial charge on any atom is 0.150 e. The zero-order valence-electron chi connectivity index (χ0n) is 8.99. The van der Waals surface area contributed by atoms with Gasteiger partial charge in [-0.15, -0.1) is 0 Å². The highest BCUT2D eigenvalue weighted by Crippen LogP contribution is 2.33. The Bertz CT molecular complexity index is 531. The predicted molar refractivity (Wildman–Crippen MR) is 78.6 cm³/mol. The molecular formula is C13H11ClINO. The van der Waals surface area contributed by atoms with Crippen molar-refractivity contribution in [1.29, 1.82) is 0 Å². The van der Waals surface area contributed by atoms with Crippen molar-refractivity contribution in [2.24, 2.45) is 5.73 Å². The summed E-state index contributed by atoms with van der Waals surface area (Å²) in [5.74, 6) is 1.40. The molecule has 0 spiro atoms. The van der Waals surface area contributed by atoms with E-state index < -0.39 is 0 Å². The first-order valence-corrected chi connectivity index (χ1v) is 6.57. The molecule has 0 aromatic heterocycles. The Labute approximate surface area is 119 Å².